The van der Waals surface area contributed by atoms with Gasteiger partial charge in [-0.2, -0.15) is 0 Å². The largest absolute Gasteiger partial charge is 0.397 e. The van der Waals surface area contributed by atoms with Gasteiger partial charge in [-0.15, -0.1) is 0 Å². The SMILES string of the molecule is Nc1ccccc1NC(=O)CCCCCNc1ccccc1. The van der Waals surface area contributed by atoms with E-state index in [1.807, 2.05) is 36.4 Å². The van der Waals surface area contributed by atoms with Crippen molar-refractivity contribution < 1.29 is 4.79 Å². The second kappa shape index (κ2) is 8.72. The van der Waals surface area contributed by atoms with E-state index in [0.717, 1.165) is 31.5 Å². The van der Waals surface area contributed by atoms with Crippen LogP contribution in [0, 0.1) is 0 Å². The third kappa shape index (κ3) is 5.48. The highest BCUT2D eigenvalue weighted by molar-refractivity contribution is 5.93. The fourth-order valence-electron chi connectivity index (χ4n) is 2.20. The van der Waals surface area contributed by atoms with E-state index in [-0.39, 0.29) is 5.91 Å². The Morgan fingerprint density at radius 2 is 1.64 bits per heavy atom. The summed E-state index contributed by atoms with van der Waals surface area (Å²) in [4.78, 5) is 11.8. The number of carbonyl (C=O) groups is 1. The van der Waals surface area contributed by atoms with Crippen molar-refractivity contribution in [3.8, 4) is 0 Å². The van der Waals surface area contributed by atoms with E-state index in [0.29, 0.717) is 17.8 Å². The lowest BCUT2D eigenvalue weighted by molar-refractivity contribution is -0.116. The summed E-state index contributed by atoms with van der Waals surface area (Å²) >= 11 is 0. The molecule has 4 N–H and O–H groups in total. The Bertz CT molecular complexity index is 584. The minimum absolute atomic E-state index is 0.0221. The van der Waals surface area contributed by atoms with Crippen LogP contribution >= 0.6 is 0 Å². The molecule has 0 saturated heterocycles. The predicted octanol–water partition coefficient (Wildman–Crippen LogP) is 3.88. The van der Waals surface area contributed by atoms with E-state index in [9.17, 15) is 4.79 Å². The summed E-state index contributed by atoms with van der Waals surface area (Å²) in [6.45, 7) is 0.928. The van der Waals surface area contributed by atoms with Crippen molar-refractivity contribution in [1.29, 1.82) is 0 Å². The normalized spacial score (nSPS) is 10.2. The van der Waals surface area contributed by atoms with E-state index >= 15 is 0 Å². The maximum absolute atomic E-state index is 11.8. The summed E-state index contributed by atoms with van der Waals surface area (Å²) in [6, 6.07) is 17.5. The molecule has 1 amide bonds. The Balaban J connectivity index is 1.57. The summed E-state index contributed by atoms with van der Waals surface area (Å²) in [6.07, 6.45) is 3.49. The Hall–Kier alpha value is -2.49. The van der Waals surface area contributed by atoms with E-state index in [1.54, 1.807) is 6.07 Å². The molecule has 116 valence electrons. The molecule has 0 saturated carbocycles. The minimum Gasteiger partial charge on any atom is -0.397 e. The van der Waals surface area contributed by atoms with Gasteiger partial charge >= 0.3 is 0 Å². The van der Waals surface area contributed by atoms with Gasteiger partial charge in [0.25, 0.3) is 0 Å². The number of hydrogen-bond acceptors (Lipinski definition) is 3. The van der Waals surface area contributed by atoms with Crippen LogP contribution in [-0.2, 0) is 4.79 Å². The third-order valence-corrected chi connectivity index (χ3v) is 3.42. The van der Waals surface area contributed by atoms with Crippen LogP contribution in [0.25, 0.3) is 0 Å². The molecule has 0 spiro atoms. The Morgan fingerprint density at radius 1 is 0.909 bits per heavy atom. The number of anilines is 3. The van der Waals surface area contributed by atoms with Gasteiger partial charge in [-0.3, -0.25) is 4.79 Å². The molecule has 0 radical (unpaired) electrons. The number of nitrogens with one attached hydrogen (secondary N) is 2. The van der Waals surface area contributed by atoms with Crippen molar-refractivity contribution in [2.75, 3.05) is 22.9 Å². The number of unbranched alkanes of at least 4 members (excludes halogenated alkanes) is 2. The number of hydrogen-bond donors (Lipinski definition) is 3. The molecule has 0 aliphatic rings. The molecule has 0 bridgehead atoms. The molecule has 0 fully saturated rings. The van der Waals surface area contributed by atoms with Crippen LogP contribution in [-0.4, -0.2) is 12.5 Å². The van der Waals surface area contributed by atoms with Gasteiger partial charge in [0.15, 0.2) is 0 Å². The molecule has 2 aromatic carbocycles. The number of nitrogens with two attached hydrogens (primary N) is 1. The highest BCUT2D eigenvalue weighted by Crippen LogP contribution is 2.17. The molecule has 0 aromatic heterocycles. The second-order valence-electron chi connectivity index (χ2n) is 5.24. The molecule has 0 heterocycles. The van der Waals surface area contributed by atoms with Gasteiger partial charge in [0.2, 0.25) is 5.91 Å². The van der Waals surface area contributed by atoms with Gasteiger partial charge in [-0.1, -0.05) is 36.8 Å². The van der Waals surface area contributed by atoms with Gasteiger partial charge in [-0.05, 0) is 37.1 Å². The summed E-state index contributed by atoms with van der Waals surface area (Å²) in [5, 5.41) is 6.21. The second-order valence-corrected chi connectivity index (χ2v) is 5.24. The van der Waals surface area contributed by atoms with Crippen molar-refractivity contribution >= 4 is 23.0 Å². The van der Waals surface area contributed by atoms with Crippen molar-refractivity contribution in [3.63, 3.8) is 0 Å². The molecule has 0 aliphatic carbocycles. The van der Waals surface area contributed by atoms with Crippen molar-refractivity contribution in [3.05, 3.63) is 54.6 Å². The fraction of sp³-hybridized carbons (Fsp3) is 0.278. The monoisotopic (exact) mass is 297 g/mol. The van der Waals surface area contributed by atoms with Crippen molar-refractivity contribution in [1.82, 2.24) is 0 Å². The molecule has 0 atom stereocenters. The first-order chi connectivity index (χ1) is 10.8. The quantitative estimate of drug-likeness (QED) is 0.511. The molecule has 4 nitrogen and oxygen atoms in total. The number of nitrogen functional groups attached to an aromatic ring is 1. The first kappa shape index (κ1) is 15.9. The van der Waals surface area contributed by atoms with Crippen LogP contribution < -0.4 is 16.4 Å². The lowest BCUT2D eigenvalue weighted by Gasteiger charge is -2.08. The zero-order valence-electron chi connectivity index (χ0n) is 12.7. The van der Waals surface area contributed by atoms with Gasteiger partial charge in [0.05, 0.1) is 11.4 Å². The fourth-order valence-corrected chi connectivity index (χ4v) is 2.20. The zero-order valence-corrected chi connectivity index (χ0v) is 12.7. The summed E-state index contributed by atoms with van der Waals surface area (Å²) < 4.78 is 0. The molecule has 0 aliphatic heterocycles. The first-order valence-electron chi connectivity index (χ1n) is 7.69. The number of carbonyl (C=O) groups excluding carboxylic acids is 1. The first-order valence-corrected chi connectivity index (χ1v) is 7.69. The highest BCUT2D eigenvalue weighted by Gasteiger charge is 2.04. The molecule has 22 heavy (non-hydrogen) atoms. The maximum Gasteiger partial charge on any atom is 0.224 e. The molecule has 4 heteroatoms. The smallest absolute Gasteiger partial charge is 0.224 e. The zero-order chi connectivity index (χ0) is 15.6. The standard InChI is InChI=1S/C18H23N3O/c19-16-11-6-7-12-17(16)21-18(22)13-5-2-8-14-20-15-9-3-1-4-10-15/h1,3-4,6-7,9-12,20H,2,5,8,13-14,19H2,(H,21,22). The van der Waals surface area contributed by atoms with Gasteiger partial charge in [-0.25, -0.2) is 0 Å². The van der Waals surface area contributed by atoms with Crippen molar-refractivity contribution in [2.45, 2.75) is 25.7 Å². The maximum atomic E-state index is 11.8. The molecular weight excluding hydrogens is 274 g/mol. The van der Waals surface area contributed by atoms with E-state index in [1.165, 1.54) is 0 Å². The van der Waals surface area contributed by atoms with Crippen LogP contribution in [0.4, 0.5) is 17.1 Å². The average molecular weight is 297 g/mol. The summed E-state index contributed by atoms with van der Waals surface area (Å²) in [7, 11) is 0. The van der Waals surface area contributed by atoms with Crippen LogP contribution in [0.1, 0.15) is 25.7 Å². The van der Waals surface area contributed by atoms with Crippen LogP contribution in [0.15, 0.2) is 54.6 Å². The number of benzene rings is 2. The average Bonchev–Trinajstić information content (AvgIpc) is 2.54. The Morgan fingerprint density at radius 3 is 2.41 bits per heavy atom. The third-order valence-electron chi connectivity index (χ3n) is 3.42. The lowest BCUT2D eigenvalue weighted by Crippen LogP contribution is -2.12. The van der Waals surface area contributed by atoms with Gasteiger partial charge < -0.3 is 16.4 Å². The predicted molar refractivity (Wildman–Crippen MR) is 92.9 cm³/mol. The van der Waals surface area contributed by atoms with Crippen molar-refractivity contribution in [2.24, 2.45) is 0 Å². The topological polar surface area (TPSA) is 67.1 Å². The van der Waals surface area contributed by atoms with Crippen LogP contribution in [0.5, 0.6) is 0 Å². The molecule has 0 unspecified atom stereocenters. The van der Waals surface area contributed by atoms with E-state index < -0.39 is 0 Å². The summed E-state index contributed by atoms with van der Waals surface area (Å²) in [5.41, 5.74) is 8.23. The number of rotatable bonds is 8. The molecular formula is C18H23N3O. The van der Waals surface area contributed by atoms with E-state index in [4.69, 9.17) is 5.73 Å². The Kier molecular flexibility index (Phi) is 6.30. The van der Waals surface area contributed by atoms with Gasteiger partial charge in [0, 0.05) is 18.7 Å². The van der Waals surface area contributed by atoms with E-state index in [2.05, 4.69) is 22.8 Å². The summed E-state index contributed by atoms with van der Waals surface area (Å²) in [5.74, 6) is 0.0221. The van der Waals surface area contributed by atoms with Crippen LogP contribution in [0.3, 0.4) is 0 Å². The van der Waals surface area contributed by atoms with Gasteiger partial charge in [0.1, 0.15) is 0 Å². The molecule has 2 rings (SSSR count). The minimum atomic E-state index is 0.0221. The lowest BCUT2D eigenvalue weighted by atomic mass is 10.1. The number of para-hydroxylation sites is 3. The Labute approximate surface area is 131 Å². The highest BCUT2D eigenvalue weighted by atomic mass is 16.1. The van der Waals surface area contributed by atoms with Crippen LogP contribution in [0.2, 0.25) is 0 Å². The molecule has 2 aromatic rings. The number of amides is 1.